The molecule has 144 valence electrons. The highest BCUT2D eigenvalue weighted by molar-refractivity contribution is 6.30. The summed E-state index contributed by atoms with van der Waals surface area (Å²) in [6.45, 7) is 1.55. The van der Waals surface area contributed by atoms with Crippen LogP contribution in [0.2, 0.25) is 5.02 Å². The quantitative estimate of drug-likeness (QED) is 0.350. The van der Waals surface area contributed by atoms with E-state index in [0.29, 0.717) is 33.3 Å². The van der Waals surface area contributed by atoms with Crippen LogP contribution in [-0.4, -0.2) is 15.8 Å². The molecule has 0 bridgehead atoms. The fourth-order valence-corrected chi connectivity index (χ4v) is 3.21. The Kier molecular flexibility index (Phi) is 4.74. The number of amides is 1. The van der Waals surface area contributed by atoms with Crippen LogP contribution < -0.4 is 5.32 Å². The summed E-state index contributed by atoms with van der Waals surface area (Å²) >= 11 is 6.02. The number of hydrogen-bond acceptors (Lipinski definition) is 5. The van der Waals surface area contributed by atoms with E-state index in [9.17, 15) is 14.9 Å². The number of carbonyl (C=O) groups excluding carboxylic acids is 1. The smallest absolute Gasteiger partial charge is 0.273 e. The summed E-state index contributed by atoms with van der Waals surface area (Å²) in [4.78, 5) is 27.7. The molecule has 29 heavy (non-hydrogen) atoms. The van der Waals surface area contributed by atoms with Crippen molar-refractivity contribution in [3.05, 3.63) is 86.9 Å². The Morgan fingerprint density at radius 2 is 1.93 bits per heavy atom. The Balaban J connectivity index is 1.63. The monoisotopic (exact) mass is 407 g/mol. The molecule has 0 aliphatic rings. The van der Waals surface area contributed by atoms with Gasteiger partial charge in [-0.25, -0.2) is 4.98 Å². The number of benzene rings is 3. The predicted molar refractivity (Wildman–Crippen MR) is 110 cm³/mol. The lowest BCUT2D eigenvalue weighted by Gasteiger charge is -2.07. The number of nitrogens with one attached hydrogen (secondary N) is 1. The van der Waals surface area contributed by atoms with Crippen LogP contribution in [0.3, 0.4) is 0 Å². The highest BCUT2D eigenvalue weighted by atomic mass is 35.5. The summed E-state index contributed by atoms with van der Waals surface area (Å²) in [5, 5.41) is 14.4. The third-order valence-electron chi connectivity index (χ3n) is 4.46. The number of nitro benzene ring substituents is 1. The van der Waals surface area contributed by atoms with Gasteiger partial charge in [-0.15, -0.1) is 0 Å². The topological polar surface area (TPSA) is 98.3 Å². The van der Waals surface area contributed by atoms with Crippen molar-refractivity contribution in [2.75, 3.05) is 5.32 Å². The Morgan fingerprint density at radius 1 is 1.14 bits per heavy atom. The molecule has 1 N–H and O–H groups in total. The van der Waals surface area contributed by atoms with E-state index in [4.69, 9.17) is 16.0 Å². The maximum atomic E-state index is 12.6. The minimum atomic E-state index is -0.509. The molecular formula is C21H14ClN3O4. The first-order chi connectivity index (χ1) is 13.9. The lowest BCUT2D eigenvalue weighted by molar-refractivity contribution is -0.385. The van der Waals surface area contributed by atoms with Crippen molar-refractivity contribution in [1.29, 1.82) is 0 Å². The van der Waals surface area contributed by atoms with Gasteiger partial charge in [-0.05, 0) is 49.4 Å². The molecule has 1 amide bonds. The molecule has 4 aromatic rings. The highest BCUT2D eigenvalue weighted by Gasteiger charge is 2.18. The van der Waals surface area contributed by atoms with Gasteiger partial charge in [0.1, 0.15) is 5.52 Å². The van der Waals surface area contributed by atoms with Crippen LogP contribution in [0, 0.1) is 17.0 Å². The zero-order chi connectivity index (χ0) is 20.5. The lowest BCUT2D eigenvalue weighted by atomic mass is 10.1. The van der Waals surface area contributed by atoms with Crippen LogP contribution in [0.25, 0.3) is 22.6 Å². The zero-order valence-corrected chi connectivity index (χ0v) is 15.9. The van der Waals surface area contributed by atoms with Crippen molar-refractivity contribution in [3.8, 4) is 11.5 Å². The van der Waals surface area contributed by atoms with Crippen molar-refractivity contribution in [1.82, 2.24) is 4.98 Å². The number of halogens is 1. The first kappa shape index (κ1) is 18.6. The molecule has 0 aliphatic heterocycles. The number of aromatic nitrogens is 1. The van der Waals surface area contributed by atoms with Crippen LogP contribution in [0.4, 0.5) is 11.4 Å². The van der Waals surface area contributed by atoms with Gasteiger partial charge >= 0.3 is 0 Å². The number of fused-ring (bicyclic) bond motifs is 1. The van der Waals surface area contributed by atoms with E-state index >= 15 is 0 Å². The second kappa shape index (κ2) is 7.37. The molecule has 1 aromatic heterocycles. The summed E-state index contributed by atoms with van der Waals surface area (Å²) in [5.74, 6) is -0.0235. The van der Waals surface area contributed by atoms with Crippen LogP contribution in [0.1, 0.15) is 15.9 Å². The Bertz CT molecular complexity index is 1270. The lowest BCUT2D eigenvalue weighted by Crippen LogP contribution is -2.14. The minimum absolute atomic E-state index is 0.101. The SMILES string of the molecule is Cc1c(C(=O)Nc2ccc3oc(-c4cccc(Cl)c4)nc3c2)cccc1[N+](=O)[O-]. The van der Waals surface area contributed by atoms with Gasteiger partial charge in [0, 0.05) is 33.5 Å². The fourth-order valence-electron chi connectivity index (χ4n) is 3.02. The average Bonchev–Trinajstić information content (AvgIpc) is 3.11. The van der Waals surface area contributed by atoms with Crippen molar-refractivity contribution < 1.29 is 14.1 Å². The van der Waals surface area contributed by atoms with Gasteiger partial charge in [0.2, 0.25) is 5.89 Å². The van der Waals surface area contributed by atoms with Crippen LogP contribution in [0.5, 0.6) is 0 Å². The van der Waals surface area contributed by atoms with E-state index in [-0.39, 0.29) is 11.3 Å². The number of rotatable bonds is 4. The predicted octanol–water partition coefficient (Wildman–Crippen LogP) is 5.62. The first-order valence-electron chi connectivity index (χ1n) is 8.64. The van der Waals surface area contributed by atoms with E-state index in [1.165, 1.54) is 12.1 Å². The van der Waals surface area contributed by atoms with Crippen molar-refractivity contribution in [2.45, 2.75) is 6.92 Å². The highest BCUT2D eigenvalue weighted by Crippen LogP contribution is 2.28. The molecule has 3 aromatic carbocycles. The molecule has 0 aliphatic carbocycles. The van der Waals surface area contributed by atoms with E-state index < -0.39 is 10.8 Å². The van der Waals surface area contributed by atoms with Crippen molar-refractivity contribution in [3.63, 3.8) is 0 Å². The van der Waals surface area contributed by atoms with Gasteiger partial charge in [-0.1, -0.05) is 23.7 Å². The second-order valence-electron chi connectivity index (χ2n) is 6.37. The van der Waals surface area contributed by atoms with Gasteiger partial charge < -0.3 is 9.73 Å². The van der Waals surface area contributed by atoms with E-state index in [1.807, 2.05) is 6.07 Å². The molecule has 0 spiro atoms. The zero-order valence-electron chi connectivity index (χ0n) is 15.2. The number of carbonyl (C=O) groups is 1. The Morgan fingerprint density at radius 3 is 2.69 bits per heavy atom. The maximum Gasteiger partial charge on any atom is 0.273 e. The summed E-state index contributed by atoms with van der Waals surface area (Å²) in [5.41, 5.74) is 2.81. The van der Waals surface area contributed by atoms with Gasteiger partial charge in [-0.3, -0.25) is 14.9 Å². The molecule has 8 heteroatoms. The molecule has 0 saturated carbocycles. The number of nitrogens with zero attached hydrogens (tertiary/aromatic N) is 2. The molecule has 1 heterocycles. The first-order valence-corrected chi connectivity index (χ1v) is 9.02. The second-order valence-corrected chi connectivity index (χ2v) is 6.81. The third kappa shape index (κ3) is 3.68. The molecule has 0 saturated heterocycles. The van der Waals surface area contributed by atoms with E-state index in [1.54, 1.807) is 49.4 Å². The maximum absolute atomic E-state index is 12.6. The number of oxazole rings is 1. The summed E-state index contributed by atoms with van der Waals surface area (Å²) in [6, 6.07) is 16.6. The number of hydrogen-bond donors (Lipinski definition) is 1. The largest absolute Gasteiger partial charge is 0.436 e. The van der Waals surface area contributed by atoms with Gasteiger partial charge in [0.05, 0.1) is 4.92 Å². The summed E-state index contributed by atoms with van der Waals surface area (Å²) in [6.07, 6.45) is 0. The molecule has 0 radical (unpaired) electrons. The number of nitro groups is 1. The fraction of sp³-hybridized carbons (Fsp3) is 0.0476. The standard InChI is InChI=1S/C21H14ClN3O4/c1-12-16(6-3-7-18(12)25(27)28)20(26)23-15-8-9-19-17(11-15)24-21(29-19)13-4-2-5-14(22)10-13/h2-11H,1H3,(H,23,26). The van der Waals surface area contributed by atoms with Gasteiger partial charge in [0.25, 0.3) is 11.6 Å². The van der Waals surface area contributed by atoms with Crippen LogP contribution in [0.15, 0.2) is 65.1 Å². The molecule has 0 unspecified atom stereocenters. The molecule has 7 nitrogen and oxygen atoms in total. The van der Waals surface area contributed by atoms with Crippen LogP contribution >= 0.6 is 11.6 Å². The van der Waals surface area contributed by atoms with Gasteiger partial charge in [0.15, 0.2) is 5.58 Å². The summed E-state index contributed by atoms with van der Waals surface area (Å²) in [7, 11) is 0. The Hall–Kier alpha value is -3.71. The third-order valence-corrected chi connectivity index (χ3v) is 4.70. The number of anilines is 1. The Labute approximate surface area is 170 Å². The average molecular weight is 408 g/mol. The van der Waals surface area contributed by atoms with Crippen molar-refractivity contribution >= 4 is 40.0 Å². The molecule has 0 fully saturated rings. The van der Waals surface area contributed by atoms with Crippen LogP contribution in [-0.2, 0) is 0 Å². The summed E-state index contributed by atoms with van der Waals surface area (Å²) < 4.78 is 5.76. The molecule has 0 atom stereocenters. The van der Waals surface area contributed by atoms with E-state index in [0.717, 1.165) is 5.56 Å². The molecule has 4 rings (SSSR count). The van der Waals surface area contributed by atoms with Crippen molar-refractivity contribution in [2.24, 2.45) is 0 Å². The van der Waals surface area contributed by atoms with E-state index in [2.05, 4.69) is 10.3 Å². The minimum Gasteiger partial charge on any atom is -0.436 e. The van der Waals surface area contributed by atoms with Gasteiger partial charge in [-0.2, -0.15) is 0 Å². The normalized spacial score (nSPS) is 10.8. The molecular weight excluding hydrogens is 394 g/mol.